The van der Waals surface area contributed by atoms with Crippen molar-refractivity contribution in [3.63, 3.8) is 0 Å². The molecule has 5 heteroatoms. The molecule has 1 unspecified atom stereocenters. The Labute approximate surface area is 144 Å². The maximum absolute atomic E-state index is 12.7. The Morgan fingerprint density at radius 3 is 2.29 bits per heavy atom. The van der Waals surface area contributed by atoms with Gasteiger partial charge in [-0.1, -0.05) is 37.5 Å². The van der Waals surface area contributed by atoms with Gasteiger partial charge >= 0.3 is 6.09 Å². The first-order valence-corrected chi connectivity index (χ1v) is 8.70. The maximum atomic E-state index is 12.7. The van der Waals surface area contributed by atoms with Crippen LogP contribution in [-0.4, -0.2) is 23.6 Å². The number of carbonyl (C=O) groups excluding carboxylic acids is 2. The summed E-state index contributed by atoms with van der Waals surface area (Å²) in [5.74, 6) is -0.0334. The summed E-state index contributed by atoms with van der Waals surface area (Å²) < 4.78 is 5.33. The molecular weight excluding hydrogens is 304 g/mol. The third-order valence-electron chi connectivity index (χ3n) is 4.12. The predicted molar refractivity (Wildman–Crippen MR) is 94.8 cm³/mol. The minimum atomic E-state index is -0.586. The number of nitrogens with one attached hydrogen (secondary N) is 2. The molecule has 1 fully saturated rings. The standard InChI is InChI=1S/C19H28N2O3/c1-19(2,3)24-18(23)21-16(14-10-6-4-7-11-14)17(22)20-15-12-8-5-9-13-15/h5,8-9,12-14,16H,4,6-7,10-11H2,1-3H3,(H,20,22)(H,21,23). The van der Waals surface area contributed by atoms with Crippen LogP contribution in [0.2, 0.25) is 0 Å². The van der Waals surface area contributed by atoms with Gasteiger partial charge in [0.25, 0.3) is 0 Å². The zero-order valence-corrected chi connectivity index (χ0v) is 14.8. The molecule has 1 atom stereocenters. The van der Waals surface area contributed by atoms with Crippen molar-refractivity contribution in [2.75, 3.05) is 5.32 Å². The molecule has 1 aliphatic rings. The molecule has 0 spiro atoms. The van der Waals surface area contributed by atoms with Gasteiger partial charge in [-0.15, -0.1) is 0 Å². The first-order chi connectivity index (χ1) is 11.3. The highest BCUT2D eigenvalue weighted by Crippen LogP contribution is 2.27. The molecule has 1 aliphatic carbocycles. The van der Waals surface area contributed by atoms with Crippen LogP contribution in [0, 0.1) is 5.92 Å². The van der Waals surface area contributed by atoms with Crippen LogP contribution in [0.5, 0.6) is 0 Å². The average Bonchev–Trinajstić information content (AvgIpc) is 2.52. The maximum Gasteiger partial charge on any atom is 0.408 e. The molecule has 2 amide bonds. The number of ether oxygens (including phenoxy) is 1. The highest BCUT2D eigenvalue weighted by atomic mass is 16.6. The third kappa shape index (κ3) is 5.87. The van der Waals surface area contributed by atoms with Gasteiger partial charge in [0.2, 0.25) is 5.91 Å². The van der Waals surface area contributed by atoms with E-state index in [1.54, 1.807) is 0 Å². The first-order valence-electron chi connectivity index (χ1n) is 8.70. The molecule has 0 heterocycles. The highest BCUT2D eigenvalue weighted by Gasteiger charge is 2.32. The molecule has 24 heavy (non-hydrogen) atoms. The van der Waals surface area contributed by atoms with Gasteiger partial charge < -0.3 is 15.4 Å². The molecule has 0 saturated heterocycles. The molecule has 0 bridgehead atoms. The Hall–Kier alpha value is -2.04. The zero-order valence-electron chi connectivity index (χ0n) is 14.8. The van der Waals surface area contributed by atoms with Crippen molar-refractivity contribution in [1.82, 2.24) is 5.32 Å². The minimum absolute atomic E-state index is 0.148. The van der Waals surface area contributed by atoms with Crippen molar-refractivity contribution in [2.24, 2.45) is 5.92 Å². The van der Waals surface area contributed by atoms with Gasteiger partial charge in [-0.3, -0.25) is 4.79 Å². The Morgan fingerprint density at radius 2 is 1.71 bits per heavy atom. The number of para-hydroxylation sites is 1. The first kappa shape index (κ1) is 18.3. The molecule has 0 radical (unpaired) electrons. The fourth-order valence-electron chi connectivity index (χ4n) is 3.04. The summed E-state index contributed by atoms with van der Waals surface area (Å²) in [6.45, 7) is 5.44. The van der Waals surface area contributed by atoms with E-state index >= 15 is 0 Å². The lowest BCUT2D eigenvalue weighted by Crippen LogP contribution is -2.50. The highest BCUT2D eigenvalue weighted by molar-refractivity contribution is 5.96. The van der Waals surface area contributed by atoms with Crippen LogP contribution in [0.15, 0.2) is 30.3 Å². The second-order valence-electron chi connectivity index (χ2n) is 7.38. The molecule has 0 aromatic heterocycles. The fourth-order valence-corrected chi connectivity index (χ4v) is 3.04. The molecule has 1 saturated carbocycles. The van der Waals surface area contributed by atoms with Gasteiger partial charge in [0.05, 0.1) is 0 Å². The van der Waals surface area contributed by atoms with Crippen LogP contribution < -0.4 is 10.6 Å². The van der Waals surface area contributed by atoms with E-state index < -0.39 is 17.7 Å². The Kier molecular flexibility index (Phi) is 6.23. The predicted octanol–water partition coefficient (Wildman–Crippen LogP) is 4.10. The number of alkyl carbamates (subject to hydrolysis) is 1. The summed E-state index contributed by atoms with van der Waals surface area (Å²) in [6.07, 6.45) is 4.73. The molecule has 2 N–H and O–H groups in total. The van der Waals surface area contributed by atoms with Crippen LogP contribution in [0.25, 0.3) is 0 Å². The van der Waals surface area contributed by atoms with Crippen molar-refractivity contribution < 1.29 is 14.3 Å². The van der Waals surface area contributed by atoms with Gasteiger partial charge in [-0.05, 0) is 51.7 Å². The average molecular weight is 332 g/mol. The summed E-state index contributed by atoms with van der Waals surface area (Å²) >= 11 is 0. The van der Waals surface area contributed by atoms with E-state index in [4.69, 9.17) is 4.74 Å². The van der Waals surface area contributed by atoms with E-state index in [2.05, 4.69) is 10.6 Å². The van der Waals surface area contributed by atoms with Gasteiger partial charge in [-0.2, -0.15) is 0 Å². The van der Waals surface area contributed by atoms with Crippen molar-refractivity contribution >= 4 is 17.7 Å². The number of hydrogen-bond acceptors (Lipinski definition) is 3. The monoisotopic (exact) mass is 332 g/mol. The normalized spacial score (nSPS) is 17.0. The molecular formula is C19H28N2O3. The lowest BCUT2D eigenvalue weighted by molar-refractivity contribution is -0.119. The molecule has 0 aliphatic heterocycles. The fraction of sp³-hybridized carbons (Fsp3) is 0.579. The Balaban J connectivity index is 2.06. The van der Waals surface area contributed by atoms with Gasteiger partial charge in [0, 0.05) is 5.69 Å². The summed E-state index contributed by atoms with van der Waals surface area (Å²) in [5, 5.41) is 5.69. The van der Waals surface area contributed by atoms with Crippen LogP contribution >= 0.6 is 0 Å². The van der Waals surface area contributed by atoms with Crippen LogP contribution in [0.3, 0.4) is 0 Å². The van der Waals surface area contributed by atoms with Gasteiger partial charge in [0.1, 0.15) is 11.6 Å². The van der Waals surface area contributed by atoms with Crippen LogP contribution in [0.1, 0.15) is 52.9 Å². The number of anilines is 1. The van der Waals surface area contributed by atoms with Crippen molar-refractivity contribution in [3.05, 3.63) is 30.3 Å². The second-order valence-corrected chi connectivity index (χ2v) is 7.38. The van der Waals surface area contributed by atoms with E-state index in [0.29, 0.717) is 0 Å². The summed E-state index contributed by atoms with van der Waals surface area (Å²) in [5.41, 5.74) is 0.145. The largest absolute Gasteiger partial charge is 0.444 e. The molecule has 132 valence electrons. The number of hydrogen-bond donors (Lipinski definition) is 2. The van der Waals surface area contributed by atoms with Crippen LogP contribution in [-0.2, 0) is 9.53 Å². The summed E-state index contributed by atoms with van der Waals surface area (Å²) in [7, 11) is 0. The quantitative estimate of drug-likeness (QED) is 0.872. The Bertz CT molecular complexity index is 545. The number of benzene rings is 1. The van der Waals surface area contributed by atoms with Gasteiger partial charge in [0.15, 0.2) is 0 Å². The molecule has 1 aromatic carbocycles. The topological polar surface area (TPSA) is 67.4 Å². The van der Waals surface area contributed by atoms with Gasteiger partial charge in [-0.25, -0.2) is 4.79 Å². The van der Waals surface area contributed by atoms with Crippen molar-refractivity contribution in [3.8, 4) is 0 Å². The smallest absolute Gasteiger partial charge is 0.408 e. The lowest BCUT2D eigenvalue weighted by atomic mass is 9.83. The summed E-state index contributed by atoms with van der Waals surface area (Å²) in [6, 6.07) is 8.74. The molecule has 2 rings (SSSR count). The van der Waals surface area contributed by atoms with E-state index in [0.717, 1.165) is 31.4 Å². The van der Waals surface area contributed by atoms with E-state index in [1.807, 2.05) is 51.1 Å². The van der Waals surface area contributed by atoms with E-state index in [-0.39, 0.29) is 11.8 Å². The third-order valence-corrected chi connectivity index (χ3v) is 4.12. The van der Waals surface area contributed by atoms with Crippen molar-refractivity contribution in [2.45, 2.75) is 64.5 Å². The lowest BCUT2D eigenvalue weighted by Gasteiger charge is -2.31. The van der Waals surface area contributed by atoms with E-state index in [9.17, 15) is 9.59 Å². The molecule has 5 nitrogen and oxygen atoms in total. The summed E-state index contributed by atoms with van der Waals surface area (Å²) in [4.78, 5) is 24.9. The SMILES string of the molecule is CC(C)(C)OC(=O)NC(C(=O)Nc1ccccc1)C1CCCCC1. The zero-order chi connectivity index (χ0) is 17.6. The minimum Gasteiger partial charge on any atom is -0.444 e. The number of carbonyl (C=O) groups is 2. The number of rotatable bonds is 4. The second kappa shape index (κ2) is 8.18. The number of amides is 2. The van der Waals surface area contributed by atoms with Crippen molar-refractivity contribution in [1.29, 1.82) is 0 Å². The Morgan fingerprint density at radius 1 is 1.08 bits per heavy atom. The molecule has 1 aromatic rings. The van der Waals surface area contributed by atoms with E-state index in [1.165, 1.54) is 6.42 Å². The van der Waals surface area contributed by atoms with Crippen LogP contribution in [0.4, 0.5) is 10.5 Å².